The summed E-state index contributed by atoms with van der Waals surface area (Å²) < 4.78 is 38.4. The molecule has 0 aliphatic heterocycles. The Morgan fingerprint density at radius 3 is 2.63 bits per heavy atom. The number of rotatable bonds is 5. The topological polar surface area (TPSA) is 17.8 Å². The molecule has 6 heteroatoms. The SMILES string of the molecule is FC(F)(F)CCCn1c(CCCl)nc2ccccc21. The first-order valence-corrected chi connectivity index (χ1v) is 6.61. The van der Waals surface area contributed by atoms with Crippen molar-refractivity contribution in [3.8, 4) is 0 Å². The Kier molecular flexibility index (Phi) is 4.34. The highest BCUT2D eigenvalue weighted by molar-refractivity contribution is 6.17. The lowest BCUT2D eigenvalue weighted by Gasteiger charge is -2.10. The van der Waals surface area contributed by atoms with E-state index in [0.29, 0.717) is 18.8 Å². The predicted octanol–water partition coefficient (Wildman–Crippen LogP) is 4.16. The van der Waals surface area contributed by atoms with Crippen molar-refractivity contribution in [3.05, 3.63) is 30.1 Å². The molecule has 0 spiro atoms. The van der Waals surface area contributed by atoms with Gasteiger partial charge in [0.05, 0.1) is 11.0 Å². The summed E-state index contributed by atoms with van der Waals surface area (Å²) in [5.74, 6) is 1.15. The summed E-state index contributed by atoms with van der Waals surface area (Å²) in [5, 5.41) is 0. The van der Waals surface area contributed by atoms with E-state index in [1.165, 1.54) is 0 Å². The lowest BCUT2D eigenvalue weighted by Crippen LogP contribution is -2.11. The van der Waals surface area contributed by atoms with Crippen molar-refractivity contribution in [2.45, 2.75) is 32.0 Å². The number of nitrogens with zero attached hydrogens (tertiary/aromatic N) is 2. The lowest BCUT2D eigenvalue weighted by atomic mass is 10.2. The number of para-hydroxylation sites is 2. The molecule has 1 aromatic carbocycles. The molecule has 0 fully saturated rings. The van der Waals surface area contributed by atoms with Gasteiger partial charge in [-0.3, -0.25) is 0 Å². The number of aromatic nitrogens is 2. The average Bonchev–Trinajstić information content (AvgIpc) is 2.67. The van der Waals surface area contributed by atoms with Gasteiger partial charge < -0.3 is 4.57 Å². The smallest absolute Gasteiger partial charge is 0.328 e. The van der Waals surface area contributed by atoms with Gasteiger partial charge in [-0.1, -0.05) is 12.1 Å². The van der Waals surface area contributed by atoms with Crippen LogP contribution in [0.1, 0.15) is 18.7 Å². The fraction of sp³-hybridized carbons (Fsp3) is 0.462. The predicted molar refractivity (Wildman–Crippen MR) is 69.4 cm³/mol. The summed E-state index contributed by atoms with van der Waals surface area (Å²) >= 11 is 5.71. The van der Waals surface area contributed by atoms with Crippen LogP contribution in [-0.4, -0.2) is 21.6 Å². The van der Waals surface area contributed by atoms with E-state index in [-0.39, 0.29) is 6.42 Å². The monoisotopic (exact) mass is 290 g/mol. The molecule has 0 N–H and O–H groups in total. The quantitative estimate of drug-likeness (QED) is 0.756. The first kappa shape index (κ1) is 14.2. The first-order chi connectivity index (χ1) is 9.01. The molecule has 0 aliphatic carbocycles. The first-order valence-electron chi connectivity index (χ1n) is 6.08. The Bertz CT molecular complexity index is 548. The Labute approximate surface area is 114 Å². The van der Waals surface area contributed by atoms with E-state index in [1.807, 2.05) is 28.8 Å². The van der Waals surface area contributed by atoms with E-state index in [1.54, 1.807) is 0 Å². The maximum Gasteiger partial charge on any atom is 0.389 e. The van der Waals surface area contributed by atoms with Crippen LogP contribution in [0.4, 0.5) is 13.2 Å². The van der Waals surface area contributed by atoms with Gasteiger partial charge in [-0.25, -0.2) is 4.98 Å². The Hall–Kier alpha value is -1.23. The second-order valence-corrected chi connectivity index (χ2v) is 4.70. The Balaban J connectivity index is 2.21. The molecule has 2 rings (SSSR count). The molecule has 1 heterocycles. The van der Waals surface area contributed by atoms with Crippen LogP contribution in [0.2, 0.25) is 0 Å². The minimum atomic E-state index is -4.11. The average molecular weight is 291 g/mol. The summed E-state index contributed by atoms with van der Waals surface area (Å²) in [6, 6.07) is 7.44. The second kappa shape index (κ2) is 5.82. The maximum absolute atomic E-state index is 12.2. The molecule has 104 valence electrons. The minimum Gasteiger partial charge on any atom is -0.328 e. The second-order valence-electron chi connectivity index (χ2n) is 4.33. The normalized spacial score (nSPS) is 12.2. The van der Waals surface area contributed by atoms with Crippen LogP contribution >= 0.6 is 11.6 Å². The van der Waals surface area contributed by atoms with Crippen LogP contribution in [0, 0.1) is 0 Å². The van der Waals surface area contributed by atoms with Crippen molar-refractivity contribution in [1.29, 1.82) is 0 Å². The van der Waals surface area contributed by atoms with Gasteiger partial charge in [-0.15, -0.1) is 11.6 Å². The number of fused-ring (bicyclic) bond motifs is 1. The van der Waals surface area contributed by atoms with Gasteiger partial charge in [-0.05, 0) is 18.6 Å². The molecule has 1 aromatic heterocycles. The van der Waals surface area contributed by atoms with E-state index >= 15 is 0 Å². The van der Waals surface area contributed by atoms with Crippen molar-refractivity contribution >= 4 is 22.6 Å². The number of alkyl halides is 4. The van der Waals surface area contributed by atoms with E-state index in [2.05, 4.69) is 4.98 Å². The van der Waals surface area contributed by atoms with Gasteiger partial charge in [0.1, 0.15) is 5.82 Å². The standard InChI is InChI=1S/C13H14ClF3N2/c14-8-6-12-18-10-4-1-2-5-11(10)19(12)9-3-7-13(15,16)17/h1-2,4-5H,3,6-9H2. The largest absolute Gasteiger partial charge is 0.389 e. The van der Waals surface area contributed by atoms with E-state index in [9.17, 15) is 13.2 Å². The van der Waals surface area contributed by atoms with Crippen molar-refractivity contribution < 1.29 is 13.2 Å². The Morgan fingerprint density at radius 1 is 1.21 bits per heavy atom. The van der Waals surface area contributed by atoms with Crippen molar-refractivity contribution in [2.75, 3.05) is 5.88 Å². The fourth-order valence-corrected chi connectivity index (χ4v) is 2.26. The van der Waals surface area contributed by atoms with Crippen LogP contribution < -0.4 is 0 Å². The summed E-state index contributed by atoms with van der Waals surface area (Å²) in [5.41, 5.74) is 1.67. The molecule has 0 radical (unpaired) electrons. The highest BCUT2D eigenvalue weighted by Gasteiger charge is 2.26. The molecule has 0 saturated heterocycles. The summed E-state index contributed by atoms with van der Waals surface area (Å²) in [6.07, 6.45) is -4.27. The van der Waals surface area contributed by atoms with Gasteiger partial charge in [0.2, 0.25) is 0 Å². The number of halogens is 4. The van der Waals surface area contributed by atoms with Crippen LogP contribution in [0.5, 0.6) is 0 Å². The third-order valence-electron chi connectivity index (χ3n) is 2.89. The van der Waals surface area contributed by atoms with E-state index in [4.69, 9.17) is 11.6 Å². The summed E-state index contributed by atoms with van der Waals surface area (Å²) in [4.78, 5) is 4.41. The zero-order chi connectivity index (χ0) is 13.9. The Morgan fingerprint density at radius 2 is 1.95 bits per heavy atom. The summed E-state index contributed by atoms with van der Waals surface area (Å²) in [7, 11) is 0. The van der Waals surface area contributed by atoms with Gasteiger partial charge in [-0.2, -0.15) is 13.2 Å². The molecule has 0 aliphatic rings. The third-order valence-corrected chi connectivity index (χ3v) is 3.08. The van der Waals surface area contributed by atoms with Crippen molar-refractivity contribution in [1.82, 2.24) is 9.55 Å². The molecular formula is C13H14ClF3N2. The number of hydrogen-bond donors (Lipinski definition) is 0. The fourth-order valence-electron chi connectivity index (χ4n) is 2.09. The van der Waals surface area contributed by atoms with Gasteiger partial charge >= 0.3 is 6.18 Å². The van der Waals surface area contributed by atoms with E-state index in [0.717, 1.165) is 16.9 Å². The molecule has 2 aromatic rings. The number of imidazole rings is 1. The zero-order valence-electron chi connectivity index (χ0n) is 10.3. The van der Waals surface area contributed by atoms with Crippen LogP contribution in [0.3, 0.4) is 0 Å². The molecule has 0 bridgehead atoms. The summed E-state index contributed by atoms with van der Waals surface area (Å²) in [6.45, 7) is 0.312. The highest BCUT2D eigenvalue weighted by atomic mass is 35.5. The molecular weight excluding hydrogens is 277 g/mol. The molecule has 2 nitrogen and oxygen atoms in total. The van der Waals surface area contributed by atoms with Gasteiger partial charge in [0.15, 0.2) is 0 Å². The van der Waals surface area contributed by atoms with Gasteiger partial charge in [0, 0.05) is 25.3 Å². The lowest BCUT2D eigenvalue weighted by molar-refractivity contribution is -0.135. The molecule has 19 heavy (non-hydrogen) atoms. The van der Waals surface area contributed by atoms with Gasteiger partial charge in [0.25, 0.3) is 0 Å². The number of benzene rings is 1. The molecule has 0 amide bonds. The van der Waals surface area contributed by atoms with Crippen LogP contribution in [0.15, 0.2) is 24.3 Å². The van der Waals surface area contributed by atoms with Crippen molar-refractivity contribution in [3.63, 3.8) is 0 Å². The number of hydrogen-bond acceptors (Lipinski definition) is 1. The van der Waals surface area contributed by atoms with E-state index < -0.39 is 12.6 Å². The highest BCUT2D eigenvalue weighted by Crippen LogP contribution is 2.23. The van der Waals surface area contributed by atoms with Crippen LogP contribution in [-0.2, 0) is 13.0 Å². The number of aryl methyl sites for hydroxylation is 2. The molecule has 0 unspecified atom stereocenters. The minimum absolute atomic E-state index is 0.0547. The molecule has 0 saturated carbocycles. The van der Waals surface area contributed by atoms with Crippen LogP contribution in [0.25, 0.3) is 11.0 Å². The van der Waals surface area contributed by atoms with Crippen molar-refractivity contribution in [2.24, 2.45) is 0 Å². The third kappa shape index (κ3) is 3.62. The zero-order valence-corrected chi connectivity index (χ0v) is 11.0. The maximum atomic E-state index is 12.2. The molecule has 0 atom stereocenters.